The Kier molecular flexibility index (Phi) is 4.38. The summed E-state index contributed by atoms with van der Waals surface area (Å²) in [5, 5.41) is 22.2. The summed E-state index contributed by atoms with van der Waals surface area (Å²) in [6.07, 6.45) is 0. The summed E-state index contributed by atoms with van der Waals surface area (Å²) in [6, 6.07) is 7.06. The van der Waals surface area contributed by atoms with Gasteiger partial charge >= 0.3 is 0 Å². The Morgan fingerprint density at radius 1 is 1.29 bits per heavy atom. The number of thioether (sulfide) groups is 1. The average Bonchev–Trinajstić information content (AvgIpc) is 3.21. The Morgan fingerprint density at radius 3 is 2.67 bits per heavy atom. The molecule has 3 aromatic rings. The molecule has 0 N–H and O–H groups in total. The Morgan fingerprint density at radius 2 is 2.04 bits per heavy atom. The van der Waals surface area contributed by atoms with E-state index in [0.29, 0.717) is 17.0 Å². The summed E-state index contributed by atoms with van der Waals surface area (Å²) >= 11 is 1.07. The van der Waals surface area contributed by atoms with Gasteiger partial charge in [-0.2, -0.15) is 0 Å². The first-order chi connectivity index (χ1) is 11.5. The fourth-order valence-corrected chi connectivity index (χ4v) is 2.48. The molecule has 0 radical (unpaired) electrons. The van der Waals surface area contributed by atoms with Crippen LogP contribution in [0.1, 0.15) is 16.1 Å². The SMILES string of the molecule is Cc1cc(-c2nnc(SCC(=O)c3ccc([N+](=O)[O-])cc3)o2)no1. The summed E-state index contributed by atoms with van der Waals surface area (Å²) in [4.78, 5) is 22.1. The standard InChI is InChI=1S/C14H10N4O5S/c1-8-6-11(17-23-8)13-15-16-14(22-13)24-7-12(19)9-2-4-10(5-3-9)18(20)21/h2-6H,7H2,1H3. The van der Waals surface area contributed by atoms with Gasteiger partial charge < -0.3 is 8.94 Å². The van der Waals surface area contributed by atoms with Crippen LogP contribution in [-0.4, -0.2) is 31.8 Å². The summed E-state index contributed by atoms with van der Waals surface area (Å²) in [5.74, 6) is 0.687. The molecule has 0 saturated carbocycles. The number of hydrogen-bond acceptors (Lipinski definition) is 9. The van der Waals surface area contributed by atoms with Crippen molar-refractivity contribution in [1.29, 1.82) is 0 Å². The maximum atomic E-state index is 12.1. The zero-order chi connectivity index (χ0) is 17.1. The molecule has 24 heavy (non-hydrogen) atoms. The second kappa shape index (κ2) is 6.62. The summed E-state index contributed by atoms with van der Waals surface area (Å²) < 4.78 is 10.3. The van der Waals surface area contributed by atoms with E-state index in [0.717, 1.165) is 11.8 Å². The molecular formula is C14H10N4O5S. The zero-order valence-corrected chi connectivity index (χ0v) is 13.1. The third-order valence-corrected chi connectivity index (χ3v) is 3.80. The third-order valence-electron chi connectivity index (χ3n) is 2.98. The monoisotopic (exact) mass is 346 g/mol. The van der Waals surface area contributed by atoms with Crippen LogP contribution in [0.15, 0.2) is 44.5 Å². The predicted octanol–water partition coefficient (Wildman–Crippen LogP) is 2.92. The Hall–Kier alpha value is -3.01. The Bertz CT molecular complexity index is 887. The number of aryl methyl sites for hydroxylation is 1. The van der Waals surface area contributed by atoms with Gasteiger partial charge in [0.1, 0.15) is 5.76 Å². The molecule has 2 aromatic heterocycles. The van der Waals surface area contributed by atoms with Crippen LogP contribution in [-0.2, 0) is 0 Å². The number of carbonyl (C=O) groups is 1. The molecule has 2 heterocycles. The van der Waals surface area contributed by atoms with Crippen LogP contribution in [0.2, 0.25) is 0 Å². The lowest BCUT2D eigenvalue weighted by atomic mass is 10.1. The lowest BCUT2D eigenvalue weighted by molar-refractivity contribution is -0.384. The second-order valence-corrected chi connectivity index (χ2v) is 5.64. The topological polar surface area (TPSA) is 125 Å². The second-order valence-electron chi connectivity index (χ2n) is 4.71. The normalized spacial score (nSPS) is 10.7. The van der Waals surface area contributed by atoms with Gasteiger partial charge in [0.2, 0.25) is 0 Å². The van der Waals surface area contributed by atoms with Crippen molar-refractivity contribution in [2.75, 3.05) is 5.75 Å². The van der Waals surface area contributed by atoms with Crippen molar-refractivity contribution in [3.8, 4) is 11.6 Å². The van der Waals surface area contributed by atoms with E-state index in [1.807, 2.05) is 0 Å². The van der Waals surface area contributed by atoms with E-state index in [4.69, 9.17) is 8.94 Å². The Labute approximate surface area is 139 Å². The number of non-ortho nitro benzene ring substituents is 1. The average molecular weight is 346 g/mol. The molecule has 3 rings (SSSR count). The van der Waals surface area contributed by atoms with E-state index >= 15 is 0 Å². The van der Waals surface area contributed by atoms with E-state index < -0.39 is 4.92 Å². The third kappa shape index (κ3) is 3.49. The van der Waals surface area contributed by atoms with Gasteiger partial charge in [0.05, 0.1) is 10.7 Å². The number of rotatable bonds is 6. The van der Waals surface area contributed by atoms with Crippen LogP contribution in [0.25, 0.3) is 11.6 Å². The summed E-state index contributed by atoms with van der Waals surface area (Å²) in [7, 11) is 0. The van der Waals surface area contributed by atoms with Gasteiger partial charge in [0.25, 0.3) is 16.8 Å². The van der Waals surface area contributed by atoms with E-state index in [1.165, 1.54) is 24.3 Å². The van der Waals surface area contributed by atoms with Crippen molar-refractivity contribution >= 4 is 23.2 Å². The molecule has 0 amide bonds. The lowest BCUT2D eigenvalue weighted by Crippen LogP contribution is -2.02. The highest BCUT2D eigenvalue weighted by atomic mass is 32.2. The number of nitrogens with zero attached hydrogens (tertiary/aromatic N) is 4. The Balaban J connectivity index is 1.62. The molecule has 9 nitrogen and oxygen atoms in total. The summed E-state index contributed by atoms with van der Waals surface area (Å²) in [6.45, 7) is 1.74. The molecule has 0 bridgehead atoms. The van der Waals surface area contributed by atoms with Crippen molar-refractivity contribution in [2.24, 2.45) is 0 Å². The van der Waals surface area contributed by atoms with E-state index in [-0.39, 0.29) is 28.3 Å². The van der Waals surface area contributed by atoms with Crippen molar-refractivity contribution in [3.05, 3.63) is 51.8 Å². The fraction of sp³-hybridized carbons (Fsp3) is 0.143. The highest BCUT2D eigenvalue weighted by Crippen LogP contribution is 2.23. The number of ketones is 1. The number of aromatic nitrogens is 3. The molecule has 1 aromatic carbocycles. The van der Waals surface area contributed by atoms with Crippen LogP contribution in [0.5, 0.6) is 0 Å². The first-order valence-electron chi connectivity index (χ1n) is 6.70. The molecule has 0 unspecified atom stereocenters. The van der Waals surface area contributed by atoms with Crippen LogP contribution < -0.4 is 0 Å². The first-order valence-corrected chi connectivity index (χ1v) is 7.69. The molecule has 0 aliphatic rings. The number of hydrogen-bond donors (Lipinski definition) is 0. The van der Waals surface area contributed by atoms with Crippen LogP contribution in [0.4, 0.5) is 5.69 Å². The minimum absolute atomic E-state index is 0.0661. The maximum Gasteiger partial charge on any atom is 0.277 e. The smallest absolute Gasteiger partial charge is 0.277 e. The minimum atomic E-state index is -0.519. The van der Waals surface area contributed by atoms with Gasteiger partial charge in [-0.05, 0) is 19.1 Å². The van der Waals surface area contributed by atoms with E-state index in [1.54, 1.807) is 13.0 Å². The first kappa shape index (κ1) is 15.9. The maximum absolute atomic E-state index is 12.1. The molecule has 0 fully saturated rings. The highest BCUT2D eigenvalue weighted by Gasteiger charge is 2.15. The molecule has 10 heteroatoms. The molecule has 0 spiro atoms. The number of nitro benzene ring substituents is 1. The van der Waals surface area contributed by atoms with E-state index in [2.05, 4.69) is 15.4 Å². The fourth-order valence-electron chi connectivity index (χ4n) is 1.82. The van der Waals surface area contributed by atoms with Crippen molar-refractivity contribution in [2.45, 2.75) is 12.1 Å². The molecular weight excluding hydrogens is 336 g/mol. The van der Waals surface area contributed by atoms with Gasteiger partial charge in [0.15, 0.2) is 11.5 Å². The molecule has 0 aliphatic heterocycles. The molecule has 0 aliphatic carbocycles. The quantitative estimate of drug-likeness (QED) is 0.286. The van der Waals surface area contributed by atoms with Gasteiger partial charge in [-0.3, -0.25) is 14.9 Å². The van der Waals surface area contributed by atoms with Crippen molar-refractivity contribution < 1.29 is 18.7 Å². The van der Waals surface area contributed by atoms with Crippen LogP contribution in [0, 0.1) is 17.0 Å². The van der Waals surface area contributed by atoms with Gasteiger partial charge in [-0.25, -0.2) is 0 Å². The molecule has 122 valence electrons. The highest BCUT2D eigenvalue weighted by molar-refractivity contribution is 7.99. The van der Waals surface area contributed by atoms with Gasteiger partial charge in [-0.15, -0.1) is 10.2 Å². The molecule has 0 saturated heterocycles. The van der Waals surface area contributed by atoms with Crippen molar-refractivity contribution in [3.63, 3.8) is 0 Å². The van der Waals surface area contributed by atoms with E-state index in [9.17, 15) is 14.9 Å². The number of benzene rings is 1. The zero-order valence-electron chi connectivity index (χ0n) is 12.3. The lowest BCUT2D eigenvalue weighted by Gasteiger charge is -1.98. The van der Waals surface area contributed by atoms with Gasteiger partial charge in [0, 0.05) is 23.8 Å². The largest absolute Gasteiger partial charge is 0.409 e. The number of nitro groups is 1. The van der Waals surface area contributed by atoms with Crippen LogP contribution in [0.3, 0.4) is 0 Å². The number of carbonyl (C=O) groups excluding carboxylic acids is 1. The number of Topliss-reactive ketones (excluding diaryl/α,β-unsaturated/α-hetero) is 1. The van der Waals surface area contributed by atoms with Gasteiger partial charge in [-0.1, -0.05) is 16.9 Å². The van der Waals surface area contributed by atoms with Crippen molar-refractivity contribution in [1.82, 2.24) is 15.4 Å². The van der Waals surface area contributed by atoms with Crippen LogP contribution >= 0.6 is 11.8 Å². The predicted molar refractivity (Wildman–Crippen MR) is 82.7 cm³/mol. The molecule has 0 atom stereocenters. The minimum Gasteiger partial charge on any atom is -0.409 e. The summed E-state index contributed by atoms with van der Waals surface area (Å²) in [5.41, 5.74) is 0.733.